The highest BCUT2D eigenvalue weighted by Crippen LogP contribution is 2.24. The van der Waals surface area contributed by atoms with E-state index >= 15 is 0 Å². The van der Waals surface area contributed by atoms with Gasteiger partial charge in [0.25, 0.3) is 0 Å². The number of esters is 2. The molecule has 0 radical (unpaired) electrons. The van der Waals surface area contributed by atoms with Gasteiger partial charge >= 0.3 is 11.9 Å². The molecule has 0 aliphatic carbocycles. The van der Waals surface area contributed by atoms with E-state index < -0.39 is 11.9 Å². The number of hydrogen-bond donors (Lipinski definition) is 0. The number of unbranched alkanes of at least 4 members (excludes halogenated alkanes) is 9. The lowest BCUT2D eigenvalue weighted by Crippen LogP contribution is -2.11. The van der Waals surface area contributed by atoms with Gasteiger partial charge in [-0.05, 0) is 91.4 Å². The number of benzene rings is 3. The lowest BCUT2D eigenvalue weighted by Gasteiger charge is -2.14. The Bertz CT molecular complexity index is 1460. The minimum atomic E-state index is -0.591. The summed E-state index contributed by atoms with van der Waals surface area (Å²) in [6.45, 7) is 10.1. The number of rotatable bonds is 24. The number of carbonyl (C=O) groups is 2. The normalized spacial score (nSPS) is 11.5. The molecule has 0 spiro atoms. The summed E-state index contributed by atoms with van der Waals surface area (Å²) in [6.07, 6.45) is 17.2. The Morgan fingerprint density at radius 1 is 0.600 bits per heavy atom. The average Bonchev–Trinajstić information content (AvgIpc) is 3.11. The molecule has 0 saturated carbocycles. The first-order valence-electron chi connectivity index (χ1n) is 18.7. The van der Waals surface area contributed by atoms with E-state index in [0.717, 1.165) is 25.0 Å². The van der Waals surface area contributed by atoms with Gasteiger partial charge in [-0.2, -0.15) is 5.26 Å². The summed E-state index contributed by atoms with van der Waals surface area (Å²) < 4.78 is 22.8. The Kier molecular flexibility index (Phi) is 18.6. The molecule has 50 heavy (non-hydrogen) atoms. The fourth-order valence-corrected chi connectivity index (χ4v) is 5.62. The second-order valence-electron chi connectivity index (χ2n) is 13.7. The van der Waals surface area contributed by atoms with Crippen LogP contribution in [0.3, 0.4) is 0 Å². The lowest BCUT2D eigenvalue weighted by atomic mass is 9.98. The van der Waals surface area contributed by atoms with Gasteiger partial charge in [0.05, 0.1) is 29.9 Å². The number of ether oxygens (including phenoxy) is 4. The molecule has 3 aromatic carbocycles. The molecule has 1 atom stereocenters. The monoisotopic (exact) mass is 683 g/mol. The van der Waals surface area contributed by atoms with Crippen molar-refractivity contribution < 1.29 is 28.5 Å². The zero-order chi connectivity index (χ0) is 36.0. The fourth-order valence-electron chi connectivity index (χ4n) is 5.62. The summed E-state index contributed by atoms with van der Waals surface area (Å²) in [5, 5.41) is 9.54. The van der Waals surface area contributed by atoms with Gasteiger partial charge in [-0.3, -0.25) is 0 Å². The molecular formula is C43H57NO6. The van der Waals surface area contributed by atoms with E-state index in [0.29, 0.717) is 47.7 Å². The van der Waals surface area contributed by atoms with Crippen molar-refractivity contribution in [2.24, 2.45) is 11.8 Å². The van der Waals surface area contributed by atoms with Gasteiger partial charge in [0.2, 0.25) is 0 Å². The Balaban J connectivity index is 1.40. The minimum Gasteiger partial charge on any atom is -0.494 e. The van der Waals surface area contributed by atoms with Crippen LogP contribution in [0.2, 0.25) is 0 Å². The van der Waals surface area contributed by atoms with Crippen molar-refractivity contribution in [3.8, 4) is 29.1 Å². The highest BCUT2D eigenvalue weighted by atomic mass is 16.5. The predicted octanol–water partition coefficient (Wildman–Crippen LogP) is 11.5. The van der Waals surface area contributed by atoms with Crippen molar-refractivity contribution in [3.05, 3.63) is 83.4 Å². The summed E-state index contributed by atoms with van der Waals surface area (Å²) in [6, 6.07) is 20.0. The summed E-state index contributed by atoms with van der Waals surface area (Å²) >= 11 is 0. The predicted molar refractivity (Wildman–Crippen MR) is 199 cm³/mol. The van der Waals surface area contributed by atoms with Crippen LogP contribution in [0.1, 0.15) is 144 Å². The van der Waals surface area contributed by atoms with Crippen LogP contribution < -0.4 is 18.9 Å². The van der Waals surface area contributed by atoms with Crippen molar-refractivity contribution in [1.29, 1.82) is 5.26 Å². The molecule has 0 aliphatic rings. The standard InChI is InChI=1S/C43H57NO6/c1-5-6-7-8-9-10-11-12-13-14-29-47-38-24-26-40(27-25-38)49-42(45)35-20-22-39(23-21-35)50-43(46)36-18-19-37(32-44)41(31-36)48-30-28-34(4)17-15-16-33(2)3/h18-27,31,33-34H,5-17,28-30H2,1-4H3/t34-/m0/s1. The molecule has 3 rings (SSSR count). The molecule has 270 valence electrons. The minimum absolute atomic E-state index is 0.267. The Labute approximate surface area is 300 Å². The number of carbonyl (C=O) groups excluding carboxylic acids is 2. The first kappa shape index (κ1) is 40.1. The molecule has 0 heterocycles. The molecule has 0 N–H and O–H groups in total. The maximum atomic E-state index is 12.9. The topological polar surface area (TPSA) is 94.9 Å². The molecule has 0 unspecified atom stereocenters. The van der Waals surface area contributed by atoms with Gasteiger partial charge in [-0.1, -0.05) is 105 Å². The van der Waals surface area contributed by atoms with Crippen LogP contribution in [0.25, 0.3) is 0 Å². The zero-order valence-electron chi connectivity index (χ0n) is 30.7. The Hall–Kier alpha value is -4.31. The third-order valence-corrected chi connectivity index (χ3v) is 8.79. The van der Waals surface area contributed by atoms with Crippen LogP contribution in [0, 0.1) is 23.2 Å². The number of hydrogen-bond acceptors (Lipinski definition) is 7. The first-order valence-corrected chi connectivity index (χ1v) is 18.7. The summed E-state index contributed by atoms with van der Waals surface area (Å²) in [5.41, 5.74) is 0.949. The van der Waals surface area contributed by atoms with Crippen molar-refractivity contribution in [2.45, 2.75) is 118 Å². The third-order valence-electron chi connectivity index (χ3n) is 8.79. The maximum Gasteiger partial charge on any atom is 0.343 e. The summed E-state index contributed by atoms with van der Waals surface area (Å²) in [7, 11) is 0. The van der Waals surface area contributed by atoms with Crippen molar-refractivity contribution in [1.82, 2.24) is 0 Å². The summed E-state index contributed by atoms with van der Waals surface area (Å²) in [5.74, 6) is 1.90. The molecule has 7 heteroatoms. The molecule has 0 bridgehead atoms. The van der Waals surface area contributed by atoms with Crippen molar-refractivity contribution >= 4 is 11.9 Å². The first-order chi connectivity index (χ1) is 24.3. The second kappa shape index (κ2) is 23.2. The van der Waals surface area contributed by atoms with Crippen LogP contribution in [-0.4, -0.2) is 25.2 Å². The lowest BCUT2D eigenvalue weighted by molar-refractivity contribution is 0.0730. The molecule has 0 fully saturated rings. The van der Waals surface area contributed by atoms with Gasteiger partial charge in [0, 0.05) is 0 Å². The van der Waals surface area contributed by atoms with E-state index in [-0.39, 0.29) is 11.3 Å². The Morgan fingerprint density at radius 3 is 1.74 bits per heavy atom. The molecule has 0 amide bonds. The summed E-state index contributed by atoms with van der Waals surface area (Å²) in [4.78, 5) is 25.7. The smallest absolute Gasteiger partial charge is 0.343 e. The van der Waals surface area contributed by atoms with E-state index in [2.05, 4.69) is 33.8 Å². The van der Waals surface area contributed by atoms with Crippen LogP contribution in [0.4, 0.5) is 0 Å². The van der Waals surface area contributed by atoms with Gasteiger partial charge < -0.3 is 18.9 Å². The molecular weight excluding hydrogens is 626 g/mol. The SMILES string of the molecule is CCCCCCCCCCCCOc1ccc(OC(=O)c2ccc(OC(=O)c3ccc(C#N)c(OCC[C@@H](C)CCCC(C)C)c3)cc2)cc1. The van der Waals surface area contributed by atoms with E-state index in [1.54, 1.807) is 66.7 Å². The van der Waals surface area contributed by atoms with E-state index in [4.69, 9.17) is 18.9 Å². The van der Waals surface area contributed by atoms with Crippen LogP contribution in [0.15, 0.2) is 66.7 Å². The third kappa shape index (κ3) is 15.5. The van der Waals surface area contributed by atoms with Gasteiger partial charge in [0.15, 0.2) is 0 Å². The van der Waals surface area contributed by atoms with Gasteiger partial charge in [0.1, 0.15) is 29.1 Å². The molecule has 3 aromatic rings. The van der Waals surface area contributed by atoms with Crippen molar-refractivity contribution in [2.75, 3.05) is 13.2 Å². The average molecular weight is 684 g/mol. The Morgan fingerprint density at radius 2 is 1.14 bits per heavy atom. The van der Waals surface area contributed by atoms with E-state index in [1.165, 1.54) is 70.6 Å². The largest absolute Gasteiger partial charge is 0.494 e. The zero-order valence-corrected chi connectivity index (χ0v) is 30.7. The van der Waals surface area contributed by atoms with Crippen LogP contribution >= 0.6 is 0 Å². The molecule has 0 aromatic heterocycles. The maximum absolute atomic E-state index is 12.9. The number of nitrogens with zero attached hydrogens (tertiary/aromatic N) is 1. The van der Waals surface area contributed by atoms with Gasteiger partial charge in [-0.15, -0.1) is 0 Å². The highest BCUT2D eigenvalue weighted by molar-refractivity contribution is 5.93. The molecule has 0 aliphatic heterocycles. The quantitative estimate of drug-likeness (QED) is 0.0527. The van der Waals surface area contributed by atoms with Crippen LogP contribution in [0.5, 0.6) is 23.0 Å². The fraction of sp³-hybridized carbons (Fsp3) is 0.512. The van der Waals surface area contributed by atoms with E-state index in [9.17, 15) is 14.9 Å². The molecule has 0 saturated heterocycles. The second-order valence-corrected chi connectivity index (χ2v) is 13.7. The van der Waals surface area contributed by atoms with Crippen LogP contribution in [-0.2, 0) is 0 Å². The van der Waals surface area contributed by atoms with E-state index in [1.807, 2.05) is 0 Å². The highest BCUT2D eigenvalue weighted by Gasteiger charge is 2.15. The molecule has 7 nitrogen and oxygen atoms in total. The van der Waals surface area contributed by atoms with Crippen molar-refractivity contribution in [3.63, 3.8) is 0 Å². The van der Waals surface area contributed by atoms with Gasteiger partial charge in [-0.25, -0.2) is 9.59 Å². The number of nitriles is 1.